The Kier molecular flexibility index (Phi) is 7.27. The van der Waals surface area contributed by atoms with Crippen molar-refractivity contribution in [1.82, 2.24) is 5.32 Å². The zero-order valence-corrected chi connectivity index (χ0v) is 14.7. The Bertz CT molecular complexity index is 463. The summed E-state index contributed by atoms with van der Waals surface area (Å²) < 4.78 is 0. The van der Waals surface area contributed by atoms with Gasteiger partial charge in [-0.2, -0.15) is 0 Å². The van der Waals surface area contributed by atoms with E-state index in [1.54, 1.807) is 0 Å². The van der Waals surface area contributed by atoms with Crippen LogP contribution in [0.4, 0.5) is 0 Å². The van der Waals surface area contributed by atoms with Gasteiger partial charge in [0.15, 0.2) is 0 Å². The minimum Gasteiger partial charge on any atom is -0.350 e. The first-order valence-electron chi connectivity index (χ1n) is 7.49. The molecule has 116 valence electrons. The van der Waals surface area contributed by atoms with Crippen LogP contribution in [-0.4, -0.2) is 16.9 Å². The van der Waals surface area contributed by atoms with E-state index in [9.17, 15) is 4.79 Å². The predicted octanol–water partition coefficient (Wildman–Crippen LogP) is 5.23. The van der Waals surface area contributed by atoms with Gasteiger partial charge in [-0.15, -0.1) is 0 Å². The highest BCUT2D eigenvalue weighted by molar-refractivity contribution is 8.77. The SMILES string of the molecule is CC(NC(=O)CCCCC1CCSS1)c1ccccc1Cl. The maximum absolute atomic E-state index is 12.0. The van der Waals surface area contributed by atoms with Crippen molar-refractivity contribution in [3.63, 3.8) is 0 Å². The summed E-state index contributed by atoms with van der Waals surface area (Å²) >= 11 is 6.15. The Morgan fingerprint density at radius 3 is 2.95 bits per heavy atom. The van der Waals surface area contributed by atoms with Crippen molar-refractivity contribution in [1.29, 1.82) is 0 Å². The van der Waals surface area contributed by atoms with E-state index in [0.717, 1.165) is 23.7 Å². The van der Waals surface area contributed by atoms with E-state index in [0.29, 0.717) is 11.4 Å². The van der Waals surface area contributed by atoms with Gasteiger partial charge in [0.05, 0.1) is 6.04 Å². The quantitative estimate of drug-likeness (QED) is 0.542. The summed E-state index contributed by atoms with van der Waals surface area (Å²) in [5.74, 6) is 1.40. The Morgan fingerprint density at radius 1 is 1.43 bits per heavy atom. The maximum atomic E-state index is 12.0. The molecule has 0 bridgehead atoms. The third kappa shape index (κ3) is 5.76. The fourth-order valence-corrected chi connectivity index (χ4v) is 5.77. The van der Waals surface area contributed by atoms with E-state index >= 15 is 0 Å². The molecule has 0 radical (unpaired) electrons. The van der Waals surface area contributed by atoms with Crippen LogP contribution in [0.2, 0.25) is 5.02 Å². The van der Waals surface area contributed by atoms with E-state index < -0.39 is 0 Å². The number of hydrogen-bond donors (Lipinski definition) is 1. The summed E-state index contributed by atoms with van der Waals surface area (Å²) in [4.78, 5) is 12.0. The van der Waals surface area contributed by atoms with E-state index in [4.69, 9.17) is 11.6 Å². The van der Waals surface area contributed by atoms with E-state index in [2.05, 4.69) is 5.32 Å². The molecule has 1 aliphatic heterocycles. The average Bonchev–Trinajstić information content (AvgIpc) is 2.97. The van der Waals surface area contributed by atoms with Gasteiger partial charge in [0, 0.05) is 22.4 Å². The van der Waals surface area contributed by atoms with Gasteiger partial charge in [0.2, 0.25) is 5.91 Å². The van der Waals surface area contributed by atoms with Crippen molar-refractivity contribution in [3.05, 3.63) is 34.9 Å². The molecule has 0 aliphatic carbocycles. The van der Waals surface area contributed by atoms with Crippen LogP contribution in [0.3, 0.4) is 0 Å². The zero-order valence-electron chi connectivity index (χ0n) is 12.3. The summed E-state index contributed by atoms with van der Waals surface area (Å²) in [7, 11) is 3.99. The molecule has 1 amide bonds. The standard InChI is InChI=1S/C16H22ClNOS2/c1-12(14-7-3-4-8-15(14)17)18-16(19)9-5-2-6-13-10-11-20-21-13/h3-4,7-8,12-13H,2,5-6,9-11H2,1H3,(H,18,19). The topological polar surface area (TPSA) is 29.1 Å². The lowest BCUT2D eigenvalue weighted by atomic mass is 10.1. The van der Waals surface area contributed by atoms with Crippen LogP contribution < -0.4 is 5.32 Å². The first-order valence-corrected chi connectivity index (χ1v) is 10.2. The summed E-state index contributed by atoms with van der Waals surface area (Å²) in [6, 6.07) is 7.63. The first-order chi connectivity index (χ1) is 10.2. The van der Waals surface area contributed by atoms with Crippen LogP contribution in [0.25, 0.3) is 0 Å². The van der Waals surface area contributed by atoms with Crippen LogP contribution in [0, 0.1) is 0 Å². The van der Waals surface area contributed by atoms with Crippen LogP contribution in [-0.2, 0) is 4.79 Å². The number of halogens is 1. The highest BCUT2D eigenvalue weighted by atomic mass is 35.5. The van der Waals surface area contributed by atoms with Gasteiger partial charge in [-0.3, -0.25) is 4.79 Å². The molecular weight excluding hydrogens is 322 g/mol. The molecule has 1 aliphatic rings. The third-order valence-corrected chi connectivity index (χ3v) is 7.01. The number of hydrogen-bond acceptors (Lipinski definition) is 3. The number of carbonyl (C=O) groups is 1. The smallest absolute Gasteiger partial charge is 0.220 e. The van der Waals surface area contributed by atoms with Gasteiger partial charge in [-0.25, -0.2) is 0 Å². The van der Waals surface area contributed by atoms with Gasteiger partial charge in [0.1, 0.15) is 0 Å². The predicted molar refractivity (Wildman–Crippen MR) is 94.9 cm³/mol. The molecule has 1 aromatic rings. The molecule has 1 fully saturated rings. The molecule has 21 heavy (non-hydrogen) atoms. The molecule has 1 heterocycles. The van der Waals surface area contributed by atoms with Crippen LogP contribution >= 0.6 is 33.2 Å². The van der Waals surface area contributed by atoms with Crippen LogP contribution in [0.1, 0.15) is 50.6 Å². The Labute approximate surface area is 140 Å². The fraction of sp³-hybridized carbons (Fsp3) is 0.562. The minimum atomic E-state index is -0.0343. The molecule has 2 atom stereocenters. The number of rotatable bonds is 7. The van der Waals surface area contributed by atoms with Crippen LogP contribution in [0.5, 0.6) is 0 Å². The van der Waals surface area contributed by atoms with Crippen molar-refractivity contribution in [2.24, 2.45) is 0 Å². The Hall–Kier alpha value is -0.320. The maximum Gasteiger partial charge on any atom is 0.220 e. The van der Waals surface area contributed by atoms with Crippen molar-refractivity contribution in [3.8, 4) is 0 Å². The lowest BCUT2D eigenvalue weighted by Crippen LogP contribution is -2.26. The summed E-state index contributed by atoms with van der Waals surface area (Å²) in [5.41, 5.74) is 0.979. The van der Waals surface area contributed by atoms with Gasteiger partial charge < -0.3 is 5.32 Å². The first kappa shape index (κ1) is 17.0. The molecule has 2 unspecified atom stereocenters. The number of carbonyl (C=O) groups excluding carboxylic acids is 1. The van der Waals surface area contributed by atoms with Crippen molar-refractivity contribution in [2.45, 2.75) is 50.3 Å². The fourth-order valence-electron chi connectivity index (χ4n) is 2.44. The second-order valence-electron chi connectivity index (χ2n) is 5.39. The summed E-state index contributed by atoms with van der Waals surface area (Å²) in [6.07, 6.45) is 5.30. The highest BCUT2D eigenvalue weighted by Crippen LogP contribution is 2.39. The molecule has 1 N–H and O–H groups in total. The van der Waals surface area contributed by atoms with Crippen molar-refractivity contribution >= 4 is 39.1 Å². The van der Waals surface area contributed by atoms with Crippen LogP contribution in [0.15, 0.2) is 24.3 Å². The number of unbranched alkanes of at least 4 members (excludes halogenated alkanes) is 1. The summed E-state index contributed by atoms with van der Waals surface area (Å²) in [5, 5.41) is 4.55. The molecule has 0 saturated carbocycles. The minimum absolute atomic E-state index is 0.0343. The number of nitrogens with one attached hydrogen (secondary N) is 1. The molecule has 1 saturated heterocycles. The molecule has 2 nitrogen and oxygen atoms in total. The second kappa shape index (κ2) is 8.96. The normalized spacial score (nSPS) is 19.4. The van der Waals surface area contributed by atoms with Gasteiger partial charge in [-0.1, -0.05) is 57.8 Å². The van der Waals surface area contributed by atoms with Gasteiger partial charge >= 0.3 is 0 Å². The van der Waals surface area contributed by atoms with E-state index in [1.165, 1.54) is 18.6 Å². The molecule has 0 aromatic heterocycles. The van der Waals surface area contributed by atoms with Crippen molar-refractivity contribution < 1.29 is 4.79 Å². The molecule has 0 spiro atoms. The molecule has 2 rings (SSSR count). The number of benzene rings is 1. The third-order valence-electron chi connectivity index (χ3n) is 3.66. The van der Waals surface area contributed by atoms with Gasteiger partial charge in [-0.05, 0) is 37.8 Å². The monoisotopic (exact) mass is 343 g/mol. The largest absolute Gasteiger partial charge is 0.350 e. The number of amides is 1. The molecular formula is C16H22ClNOS2. The molecule has 5 heteroatoms. The highest BCUT2D eigenvalue weighted by Gasteiger charge is 2.16. The summed E-state index contributed by atoms with van der Waals surface area (Å²) in [6.45, 7) is 1.98. The second-order valence-corrected chi connectivity index (χ2v) is 8.58. The van der Waals surface area contributed by atoms with Gasteiger partial charge in [0.25, 0.3) is 0 Å². The lowest BCUT2D eigenvalue weighted by molar-refractivity contribution is -0.121. The van der Waals surface area contributed by atoms with E-state index in [1.807, 2.05) is 52.8 Å². The zero-order chi connectivity index (χ0) is 15.1. The Balaban J connectivity index is 1.65. The van der Waals surface area contributed by atoms with E-state index in [-0.39, 0.29) is 11.9 Å². The van der Waals surface area contributed by atoms with Crippen molar-refractivity contribution in [2.75, 3.05) is 5.75 Å². The Morgan fingerprint density at radius 2 is 2.24 bits per heavy atom. The molecule has 1 aromatic carbocycles. The average molecular weight is 344 g/mol. The lowest BCUT2D eigenvalue weighted by Gasteiger charge is -2.15.